The van der Waals surface area contributed by atoms with Crippen LogP contribution in [-0.2, 0) is 0 Å². The van der Waals surface area contributed by atoms with Crippen molar-refractivity contribution < 1.29 is 9.44 Å². The first-order valence-corrected chi connectivity index (χ1v) is 4.84. The van der Waals surface area contributed by atoms with Crippen LogP contribution in [0.4, 0.5) is 0 Å². The van der Waals surface area contributed by atoms with Crippen LogP contribution in [0, 0.1) is 10.1 Å². The maximum atomic E-state index is 10.5. The van der Waals surface area contributed by atoms with Crippen LogP contribution in [0.5, 0.6) is 0 Å². The highest BCUT2D eigenvalue weighted by Crippen LogP contribution is 2.28. The highest BCUT2D eigenvalue weighted by molar-refractivity contribution is 8.12. The maximum absolute atomic E-state index is 10.5. The summed E-state index contributed by atoms with van der Waals surface area (Å²) in [6, 6.07) is 8.13. The summed E-state index contributed by atoms with van der Waals surface area (Å²) in [7, 11) is -1.63. The lowest BCUT2D eigenvalue weighted by Crippen LogP contribution is -1.96. The number of aliphatic hydroxyl groups is 1. The smallest absolute Gasteiger partial charge is 0.239 e. The fraction of sp³-hybridized carbons (Fsp3) is 0. The van der Waals surface area contributed by atoms with E-state index < -0.39 is 19.5 Å². The Balaban J connectivity index is 3.20. The first-order valence-electron chi connectivity index (χ1n) is 3.28. The zero-order valence-corrected chi connectivity index (χ0v) is 7.96. The minimum atomic E-state index is -1.63. The van der Waals surface area contributed by atoms with Crippen LogP contribution in [0.25, 0.3) is 0 Å². The van der Waals surface area contributed by atoms with E-state index in [4.69, 9.17) is 16.7 Å². The van der Waals surface area contributed by atoms with Gasteiger partial charge in [-0.25, -0.2) is 0 Å². The van der Waals surface area contributed by atoms with Gasteiger partial charge >= 0.3 is 0 Å². The molecule has 0 saturated carbocycles. The van der Waals surface area contributed by atoms with Gasteiger partial charge in [0.25, 0.3) is 0 Å². The molecule has 70 valence electrons. The van der Waals surface area contributed by atoms with Gasteiger partial charge in [-0.15, -0.1) is 0 Å². The average Bonchev–Trinajstić information content (AvgIpc) is 2.04. The van der Waals surface area contributed by atoms with E-state index >= 15 is 0 Å². The lowest BCUT2D eigenvalue weighted by atomic mass is 10.4. The van der Waals surface area contributed by atoms with Crippen LogP contribution in [0.3, 0.4) is 0 Å². The monoisotopic (exact) mass is 219 g/mol. The van der Waals surface area contributed by atoms with Crippen molar-refractivity contribution in [3.8, 4) is 0 Å². The van der Waals surface area contributed by atoms with Crippen molar-refractivity contribution in [3.63, 3.8) is 0 Å². The van der Waals surface area contributed by atoms with Crippen molar-refractivity contribution in [1.82, 2.24) is 0 Å². The molecule has 1 rings (SSSR count). The zero-order valence-electron chi connectivity index (χ0n) is 6.38. The number of hydrogen-bond donors (Lipinski definition) is 1. The van der Waals surface area contributed by atoms with E-state index in [2.05, 4.69) is 0 Å². The molecule has 4 nitrogen and oxygen atoms in total. The van der Waals surface area contributed by atoms with Gasteiger partial charge in [-0.2, -0.15) is 0 Å². The molecule has 1 aromatic rings. The Morgan fingerprint density at radius 3 is 2.38 bits per heavy atom. The molecule has 0 radical (unpaired) electrons. The molecule has 1 atom stereocenters. The molecule has 6 heteroatoms. The van der Waals surface area contributed by atoms with E-state index in [1.54, 1.807) is 30.3 Å². The zero-order chi connectivity index (χ0) is 9.84. The molecule has 0 fully saturated rings. The maximum Gasteiger partial charge on any atom is 0.239 e. The Labute approximate surface area is 82.0 Å². The van der Waals surface area contributed by atoms with Crippen LogP contribution in [0.15, 0.2) is 35.2 Å². The van der Waals surface area contributed by atoms with Gasteiger partial charge < -0.3 is 5.11 Å². The standard InChI is InChI=1S/C7H6ClNO3S/c8-7(10)13(9(11)12)6-4-2-1-3-5-6/h1-5,10H. The summed E-state index contributed by atoms with van der Waals surface area (Å²) >= 11 is 5.22. The van der Waals surface area contributed by atoms with E-state index in [1.165, 1.54) is 0 Å². The van der Waals surface area contributed by atoms with Gasteiger partial charge in [-0.05, 0) is 23.7 Å². The first-order chi connectivity index (χ1) is 6.13. The Bertz CT molecular complexity index is 348. The number of nitrogens with zero attached hydrogens (tertiary/aromatic N) is 1. The number of hydrogen-bond acceptors (Lipinski definition) is 2. The fourth-order valence-electron chi connectivity index (χ4n) is 0.794. The summed E-state index contributed by atoms with van der Waals surface area (Å²) in [4.78, 5) is 10.9. The van der Waals surface area contributed by atoms with Crippen LogP contribution < -0.4 is 0 Å². The molecule has 0 saturated heterocycles. The molecule has 0 heterocycles. The molecular weight excluding hydrogens is 214 g/mol. The third-order valence-electron chi connectivity index (χ3n) is 1.28. The van der Waals surface area contributed by atoms with Gasteiger partial charge in [0, 0.05) is 0 Å². The van der Waals surface area contributed by atoms with E-state index in [9.17, 15) is 10.1 Å². The minimum absolute atomic E-state index is 0.389. The molecule has 0 amide bonds. The van der Waals surface area contributed by atoms with Gasteiger partial charge in [0.05, 0.1) is 9.22 Å². The van der Waals surface area contributed by atoms with Gasteiger partial charge in [0.2, 0.25) is 15.2 Å². The number of aliphatic hydroxyl groups excluding tert-OH is 1. The Morgan fingerprint density at radius 1 is 1.46 bits per heavy atom. The van der Waals surface area contributed by atoms with Crippen molar-refractivity contribution in [2.24, 2.45) is 0 Å². The molecule has 0 aliphatic rings. The van der Waals surface area contributed by atoms with Gasteiger partial charge in [0.1, 0.15) is 0 Å². The summed E-state index contributed by atoms with van der Waals surface area (Å²) in [6.45, 7) is 0. The van der Waals surface area contributed by atoms with Crippen LogP contribution in [-0.4, -0.2) is 13.9 Å². The minimum Gasteiger partial charge on any atom is -0.341 e. The molecule has 13 heavy (non-hydrogen) atoms. The molecular formula is C7H6ClNO3S. The lowest BCUT2D eigenvalue weighted by molar-refractivity contribution is -0.286. The van der Waals surface area contributed by atoms with Gasteiger partial charge in [-0.1, -0.05) is 18.2 Å². The normalized spacial score (nSPS) is 13.5. The molecule has 1 unspecified atom stereocenters. The predicted molar refractivity (Wildman–Crippen MR) is 52.8 cm³/mol. The van der Waals surface area contributed by atoms with E-state index in [0.29, 0.717) is 4.90 Å². The first kappa shape index (κ1) is 10.2. The third kappa shape index (κ3) is 2.51. The highest BCUT2D eigenvalue weighted by Gasteiger charge is 2.15. The number of nitro groups is 1. The summed E-state index contributed by atoms with van der Waals surface area (Å²) in [5, 5.41) is 19.4. The molecule has 0 aliphatic heterocycles. The Morgan fingerprint density at radius 2 is 2.00 bits per heavy atom. The van der Waals surface area contributed by atoms with Crippen LogP contribution in [0.1, 0.15) is 0 Å². The molecule has 1 aromatic carbocycles. The van der Waals surface area contributed by atoms with Gasteiger partial charge in [-0.3, -0.25) is 10.1 Å². The fourth-order valence-corrected chi connectivity index (χ4v) is 2.14. The second kappa shape index (κ2) is 4.36. The molecule has 0 spiro atoms. The van der Waals surface area contributed by atoms with Crippen molar-refractivity contribution >= 4 is 26.8 Å². The molecule has 0 bridgehead atoms. The highest BCUT2D eigenvalue weighted by atomic mass is 35.5. The predicted octanol–water partition coefficient (Wildman–Crippen LogP) is 2.39. The second-order valence-electron chi connectivity index (χ2n) is 2.07. The summed E-state index contributed by atoms with van der Waals surface area (Å²) in [6.07, 6.45) is 0. The van der Waals surface area contributed by atoms with Crippen molar-refractivity contribution in [1.29, 1.82) is 0 Å². The number of benzene rings is 1. The quantitative estimate of drug-likeness (QED) is 0.360. The average molecular weight is 220 g/mol. The molecule has 0 aromatic heterocycles. The third-order valence-corrected chi connectivity index (χ3v) is 3.05. The molecule has 1 N–H and O–H groups in total. The lowest BCUT2D eigenvalue weighted by Gasteiger charge is -1.98. The van der Waals surface area contributed by atoms with Crippen LogP contribution in [0.2, 0.25) is 0 Å². The number of halogens is 1. The topological polar surface area (TPSA) is 63.4 Å². The van der Waals surface area contributed by atoms with Crippen molar-refractivity contribution in [2.75, 3.05) is 0 Å². The van der Waals surface area contributed by atoms with Crippen molar-refractivity contribution in [3.05, 3.63) is 40.4 Å². The van der Waals surface area contributed by atoms with E-state index in [0.717, 1.165) is 0 Å². The Kier molecular flexibility index (Phi) is 3.41. The largest absolute Gasteiger partial charge is 0.341 e. The molecule has 0 aliphatic carbocycles. The summed E-state index contributed by atoms with van der Waals surface area (Å²) < 4.78 is -1.31. The van der Waals surface area contributed by atoms with Crippen LogP contribution >= 0.6 is 22.3 Å². The van der Waals surface area contributed by atoms with Gasteiger partial charge in [0.15, 0.2) is 0 Å². The van der Waals surface area contributed by atoms with E-state index in [-0.39, 0.29) is 0 Å². The SMILES string of the molecule is O=[N+]([O-])S(=C(O)Cl)c1ccccc1. The number of rotatable bonds is 2. The van der Waals surface area contributed by atoms with Crippen molar-refractivity contribution in [2.45, 2.75) is 4.90 Å². The summed E-state index contributed by atoms with van der Waals surface area (Å²) in [5.74, 6) is 0. The second-order valence-corrected chi connectivity index (χ2v) is 4.38. The Hall–Kier alpha value is -0.910. The summed E-state index contributed by atoms with van der Waals surface area (Å²) in [5.41, 5.74) is 0. The van der Waals surface area contributed by atoms with E-state index in [1.807, 2.05) is 0 Å².